The summed E-state index contributed by atoms with van der Waals surface area (Å²) in [5.74, 6) is -1.66. The van der Waals surface area contributed by atoms with Gasteiger partial charge >= 0.3 is 5.97 Å². The second kappa shape index (κ2) is 7.23. The standard InChI is InChI=1S/C13H15BrFNO3/c1-8(2-3-12(17)18)7-16-13(19)9-4-10(14)6-11(15)5-9/h4-6,8H,2-3,7H2,1H3,(H,16,19)(H,17,18). The molecular formula is C13H15BrFNO3. The van der Waals surface area contributed by atoms with Gasteiger partial charge in [-0.05, 0) is 30.5 Å². The minimum atomic E-state index is -0.854. The maximum Gasteiger partial charge on any atom is 0.303 e. The van der Waals surface area contributed by atoms with E-state index in [0.29, 0.717) is 17.4 Å². The van der Waals surface area contributed by atoms with Gasteiger partial charge in [-0.3, -0.25) is 9.59 Å². The van der Waals surface area contributed by atoms with Crippen LogP contribution in [0.5, 0.6) is 0 Å². The molecule has 0 saturated heterocycles. The number of rotatable bonds is 6. The summed E-state index contributed by atoms with van der Waals surface area (Å²) in [7, 11) is 0. The fourth-order valence-electron chi connectivity index (χ4n) is 1.53. The van der Waals surface area contributed by atoms with Crippen molar-refractivity contribution in [2.75, 3.05) is 6.54 Å². The summed E-state index contributed by atoms with van der Waals surface area (Å²) in [6, 6.07) is 3.95. The Kier molecular flexibility index (Phi) is 5.95. The second-order valence-electron chi connectivity index (χ2n) is 4.41. The molecule has 2 N–H and O–H groups in total. The molecule has 1 atom stereocenters. The monoisotopic (exact) mass is 331 g/mol. The molecule has 1 aromatic carbocycles. The number of halogens is 2. The van der Waals surface area contributed by atoms with Crippen LogP contribution in [-0.2, 0) is 4.79 Å². The number of nitrogens with one attached hydrogen (secondary N) is 1. The van der Waals surface area contributed by atoms with Gasteiger partial charge in [0.25, 0.3) is 5.91 Å². The molecule has 4 nitrogen and oxygen atoms in total. The first kappa shape index (κ1) is 15.6. The number of aliphatic carboxylic acids is 1. The number of hydrogen-bond acceptors (Lipinski definition) is 2. The molecule has 1 unspecified atom stereocenters. The first-order valence-electron chi connectivity index (χ1n) is 5.84. The molecule has 0 saturated carbocycles. The van der Waals surface area contributed by atoms with Crippen LogP contribution in [0.3, 0.4) is 0 Å². The number of carboxylic acid groups (broad SMARTS) is 1. The predicted octanol–water partition coefficient (Wildman–Crippen LogP) is 2.82. The highest BCUT2D eigenvalue weighted by atomic mass is 79.9. The third-order valence-corrected chi connectivity index (χ3v) is 3.04. The second-order valence-corrected chi connectivity index (χ2v) is 5.32. The van der Waals surface area contributed by atoms with E-state index in [0.717, 1.165) is 6.07 Å². The molecule has 0 fully saturated rings. The SMILES string of the molecule is CC(CCC(=O)O)CNC(=O)c1cc(F)cc(Br)c1. The van der Waals surface area contributed by atoms with Crippen molar-refractivity contribution >= 4 is 27.8 Å². The van der Waals surface area contributed by atoms with E-state index in [1.165, 1.54) is 12.1 Å². The lowest BCUT2D eigenvalue weighted by Crippen LogP contribution is -2.28. The van der Waals surface area contributed by atoms with Crippen LogP contribution in [0.4, 0.5) is 4.39 Å². The van der Waals surface area contributed by atoms with Gasteiger partial charge in [0.15, 0.2) is 0 Å². The third kappa shape index (κ3) is 5.83. The minimum Gasteiger partial charge on any atom is -0.481 e. The van der Waals surface area contributed by atoms with E-state index in [1.807, 2.05) is 6.92 Å². The van der Waals surface area contributed by atoms with Crippen LogP contribution < -0.4 is 5.32 Å². The first-order chi connectivity index (χ1) is 8.88. The number of hydrogen-bond donors (Lipinski definition) is 2. The summed E-state index contributed by atoms with van der Waals surface area (Å²) in [4.78, 5) is 22.2. The maximum absolute atomic E-state index is 13.1. The average molecular weight is 332 g/mol. The molecule has 104 valence electrons. The van der Waals surface area contributed by atoms with E-state index in [2.05, 4.69) is 21.2 Å². The molecule has 0 aliphatic heterocycles. The summed E-state index contributed by atoms with van der Waals surface area (Å²) in [6.07, 6.45) is 0.561. The van der Waals surface area contributed by atoms with Crippen LogP contribution in [0.15, 0.2) is 22.7 Å². The molecular weight excluding hydrogens is 317 g/mol. The smallest absolute Gasteiger partial charge is 0.303 e. The van der Waals surface area contributed by atoms with Gasteiger partial charge in [0.1, 0.15) is 5.82 Å². The predicted molar refractivity (Wildman–Crippen MR) is 72.5 cm³/mol. The van der Waals surface area contributed by atoms with Gasteiger partial charge in [-0.1, -0.05) is 22.9 Å². The Bertz CT molecular complexity index is 459. The molecule has 0 aliphatic rings. The van der Waals surface area contributed by atoms with Crippen molar-refractivity contribution in [3.05, 3.63) is 34.1 Å². The third-order valence-electron chi connectivity index (χ3n) is 2.59. The number of amides is 1. The Morgan fingerprint density at radius 3 is 2.68 bits per heavy atom. The van der Waals surface area contributed by atoms with Crippen molar-refractivity contribution in [2.24, 2.45) is 5.92 Å². The van der Waals surface area contributed by atoms with Crippen molar-refractivity contribution < 1.29 is 19.1 Å². The van der Waals surface area contributed by atoms with Gasteiger partial charge in [0.05, 0.1) is 0 Å². The average Bonchev–Trinajstić information content (AvgIpc) is 2.32. The molecule has 1 aromatic rings. The molecule has 0 aliphatic carbocycles. The number of carbonyl (C=O) groups is 2. The van der Waals surface area contributed by atoms with E-state index >= 15 is 0 Å². The lowest BCUT2D eigenvalue weighted by Gasteiger charge is -2.11. The van der Waals surface area contributed by atoms with Crippen molar-refractivity contribution in [2.45, 2.75) is 19.8 Å². The molecule has 6 heteroatoms. The van der Waals surface area contributed by atoms with E-state index in [9.17, 15) is 14.0 Å². The zero-order chi connectivity index (χ0) is 14.4. The van der Waals surface area contributed by atoms with Crippen molar-refractivity contribution in [3.8, 4) is 0 Å². The quantitative estimate of drug-likeness (QED) is 0.842. The summed E-state index contributed by atoms with van der Waals surface area (Å²) < 4.78 is 13.6. The fourth-order valence-corrected chi connectivity index (χ4v) is 1.99. The Morgan fingerprint density at radius 1 is 1.42 bits per heavy atom. The fraction of sp³-hybridized carbons (Fsp3) is 0.385. The Labute approximate surface area is 119 Å². The van der Waals surface area contributed by atoms with Gasteiger partial charge in [0, 0.05) is 23.0 Å². The Morgan fingerprint density at radius 2 is 2.11 bits per heavy atom. The van der Waals surface area contributed by atoms with E-state index in [1.54, 1.807) is 0 Å². The zero-order valence-electron chi connectivity index (χ0n) is 10.5. The largest absolute Gasteiger partial charge is 0.481 e. The van der Waals surface area contributed by atoms with E-state index in [4.69, 9.17) is 5.11 Å². The van der Waals surface area contributed by atoms with Crippen molar-refractivity contribution in [1.29, 1.82) is 0 Å². The minimum absolute atomic E-state index is 0.0528. The van der Waals surface area contributed by atoms with Crippen LogP contribution in [0.25, 0.3) is 0 Å². The highest BCUT2D eigenvalue weighted by Gasteiger charge is 2.11. The van der Waals surface area contributed by atoms with Crippen molar-refractivity contribution in [3.63, 3.8) is 0 Å². The summed E-state index contributed by atoms with van der Waals surface area (Å²) in [6.45, 7) is 2.21. The van der Waals surface area contributed by atoms with Gasteiger partial charge in [-0.2, -0.15) is 0 Å². The molecule has 0 spiro atoms. The zero-order valence-corrected chi connectivity index (χ0v) is 12.0. The van der Waals surface area contributed by atoms with E-state index in [-0.39, 0.29) is 23.8 Å². The topological polar surface area (TPSA) is 66.4 Å². The highest BCUT2D eigenvalue weighted by molar-refractivity contribution is 9.10. The highest BCUT2D eigenvalue weighted by Crippen LogP contribution is 2.15. The van der Waals surface area contributed by atoms with E-state index < -0.39 is 11.8 Å². The van der Waals surface area contributed by atoms with Crippen LogP contribution in [0.1, 0.15) is 30.1 Å². The molecule has 1 amide bonds. The molecule has 19 heavy (non-hydrogen) atoms. The summed E-state index contributed by atoms with van der Waals surface area (Å²) in [5.41, 5.74) is 0.234. The maximum atomic E-state index is 13.1. The normalized spacial score (nSPS) is 11.9. The lowest BCUT2D eigenvalue weighted by molar-refractivity contribution is -0.137. The van der Waals surface area contributed by atoms with Gasteiger partial charge in [-0.15, -0.1) is 0 Å². The van der Waals surface area contributed by atoms with Gasteiger partial charge in [0.2, 0.25) is 0 Å². The van der Waals surface area contributed by atoms with Crippen LogP contribution >= 0.6 is 15.9 Å². The summed E-state index contributed by atoms with van der Waals surface area (Å²) in [5, 5.41) is 11.2. The molecule has 0 heterocycles. The number of benzene rings is 1. The Balaban J connectivity index is 2.48. The van der Waals surface area contributed by atoms with Gasteiger partial charge in [-0.25, -0.2) is 4.39 Å². The number of carbonyl (C=O) groups excluding carboxylic acids is 1. The Hall–Kier alpha value is -1.43. The number of carboxylic acids is 1. The first-order valence-corrected chi connectivity index (χ1v) is 6.64. The molecule has 1 rings (SSSR count). The lowest BCUT2D eigenvalue weighted by atomic mass is 10.1. The van der Waals surface area contributed by atoms with Crippen molar-refractivity contribution in [1.82, 2.24) is 5.32 Å². The molecule has 0 radical (unpaired) electrons. The van der Waals surface area contributed by atoms with Crippen LogP contribution in [0, 0.1) is 11.7 Å². The van der Waals surface area contributed by atoms with Crippen LogP contribution in [0.2, 0.25) is 0 Å². The molecule has 0 aromatic heterocycles. The van der Waals surface area contributed by atoms with Gasteiger partial charge < -0.3 is 10.4 Å². The molecule has 0 bridgehead atoms. The summed E-state index contributed by atoms with van der Waals surface area (Å²) >= 11 is 3.12. The van der Waals surface area contributed by atoms with Crippen LogP contribution in [-0.4, -0.2) is 23.5 Å².